The van der Waals surface area contributed by atoms with Crippen molar-refractivity contribution in [3.05, 3.63) is 0 Å². The van der Waals surface area contributed by atoms with E-state index in [1.165, 1.54) is 0 Å². The van der Waals surface area contributed by atoms with Gasteiger partial charge in [0.05, 0.1) is 18.8 Å². The van der Waals surface area contributed by atoms with E-state index in [1.807, 2.05) is 13.8 Å². The first-order valence-corrected chi connectivity index (χ1v) is 4.49. The van der Waals surface area contributed by atoms with Crippen molar-refractivity contribution in [1.29, 1.82) is 0 Å². The highest BCUT2D eigenvalue weighted by atomic mass is 16.3. The maximum absolute atomic E-state index is 9.49. The summed E-state index contributed by atoms with van der Waals surface area (Å²) in [5.41, 5.74) is 0. The number of aliphatic hydroxyl groups excluding tert-OH is 2. The van der Waals surface area contributed by atoms with Crippen LogP contribution in [0.15, 0.2) is 0 Å². The van der Waals surface area contributed by atoms with Gasteiger partial charge in [0.15, 0.2) is 0 Å². The van der Waals surface area contributed by atoms with Crippen LogP contribution in [0.2, 0.25) is 0 Å². The fourth-order valence-corrected chi connectivity index (χ4v) is 1.02. The van der Waals surface area contributed by atoms with Crippen molar-refractivity contribution < 1.29 is 10.2 Å². The van der Waals surface area contributed by atoms with Gasteiger partial charge in [-0.15, -0.1) is 0 Å². The molecular formula is C8H20N2O2. The molecular weight excluding hydrogens is 156 g/mol. The first-order valence-electron chi connectivity index (χ1n) is 4.49. The lowest BCUT2D eigenvalue weighted by Gasteiger charge is -2.21. The summed E-state index contributed by atoms with van der Waals surface area (Å²) in [6, 6.07) is -0.214. The Bertz CT molecular complexity index is 101. The van der Waals surface area contributed by atoms with Gasteiger partial charge >= 0.3 is 0 Å². The first kappa shape index (κ1) is 11.8. The summed E-state index contributed by atoms with van der Waals surface area (Å²) in [7, 11) is 0. The molecule has 0 saturated carbocycles. The summed E-state index contributed by atoms with van der Waals surface area (Å²) in [4.78, 5) is 0. The predicted octanol–water partition coefficient (Wildman–Crippen LogP) is -1.07. The van der Waals surface area contributed by atoms with Gasteiger partial charge in [0, 0.05) is 6.54 Å². The van der Waals surface area contributed by atoms with Crippen LogP contribution in [0.3, 0.4) is 0 Å². The van der Waals surface area contributed by atoms with Gasteiger partial charge in [0.2, 0.25) is 0 Å². The van der Waals surface area contributed by atoms with Gasteiger partial charge in [-0.25, -0.2) is 0 Å². The molecule has 0 aromatic rings. The smallest absolute Gasteiger partial charge is 0.0839 e. The molecule has 0 fully saturated rings. The van der Waals surface area contributed by atoms with Crippen molar-refractivity contribution >= 4 is 0 Å². The Morgan fingerprint density at radius 3 is 2.33 bits per heavy atom. The van der Waals surface area contributed by atoms with E-state index in [1.54, 1.807) is 0 Å². The van der Waals surface area contributed by atoms with Crippen LogP contribution in [0.25, 0.3) is 0 Å². The highest BCUT2D eigenvalue weighted by Gasteiger charge is 2.15. The zero-order valence-corrected chi connectivity index (χ0v) is 7.88. The van der Waals surface area contributed by atoms with Gasteiger partial charge in [-0.3, -0.25) is 0 Å². The molecule has 12 heavy (non-hydrogen) atoms. The summed E-state index contributed by atoms with van der Waals surface area (Å²) in [5.74, 6) is 0. The van der Waals surface area contributed by atoms with E-state index >= 15 is 0 Å². The van der Waals surface area contributed by atoms with E-state index in [4.69, 9.17) is 5.11 Å². The molecule has 2 unspecified atom stereocenters. The Kier molecular flexibility index (Phi) is 7.39. The Hall–Kier alpha value is -0.160. The molecule has 0 spiro atoms. The largest absolute Gasteiger partial charge is 0.395 e. The van der Waals surface area contributed by atoms with Crippen molar-refractivity contribution in [2.45, 2.75) is 26.0 Å². The van der Waals surface area contributed by atoms with E-state index in [-0.39, 0.29) is 12.6 Å². The van der Waals surface area contributed by atoms with Crippen LogP contribution in [-0.4, -0.2) is 48.6 Å². The van der Waals surface area contributed by atoms with Gasteiger partial charge < -0.3 is 20.8 Å². The second kappa shape index (κ2) is 7.49. The predicted molar refractivity (Wildman–Crippen MR) is 49.1 cm³/mol. The summed E-state index contributed by atoms with van der Waals surface area (Å²) in [5, 5.41) is 24.4. The van der Waals surface area contributed by atoms with Crippen LogP contribution in [0, 0.1) is 0 Å². The average Bonchev–Trinajstić information content (AvgIpc) is 2.10. The zero-order valence-electron chi connectivity index (χ0n) is 7.88. The molecule has 0 aliphatic carbocycles. The quantitative estimate of drug-likeness (QED) is 0.399. The lowest BCUT2D eigenvalue weighted by atomic mass is 10.1. The van der Waals surface area contributed by atoms with Crippen molar-refractivity contribution in [2.24, 2.45) is 0 Å². The molecule has 0 aliphatic heterocycles. The molecule has 0 aliphatic rings. The van der Waals surface area contributed by atoms with Crippen molar-refractivity contribution in [3.63, 3.8) is 0 Å². The minimum absolute atomic E-state index is 0.0274. The number of likely N-dealkylation sites (N-methyl/N-ethyl adjacent to an activating group) is 2. The molecule has 4 N–H and O–H groups in total. The second-order valence-electron chi connectivity index (χ2n) is 2.72. The third kappa shape index (κ3) is 4.66. The fraction of sp³-hybridized carbons (Fsp3) is 1.00. The Morgan fingerprint density at radius 1 is 1.25 bits per heavy atom. The standard InChI is InChI=1S/C8H20N2O2/c1-3-9-5-8(12)7(6-11)10-4-2/h7-12H,3-6H2,1-2H3. The Labute approximate surface area is 74.0 Å². The third-order valence-electron chi connectivity index (χ3n) is 1.73. The number of aliphatic hydroxyl groups is 2. The maximum Gasteiger partial charge on any atom is 0.0839 e. The van der Waals surface area contributed by atoms with Crippen molar-refractivity contribution in [2.75, 3.05) is 26.2 Å². The topological polar surface area (TPSA) is 64.5 Å². The van der Waals surface area contributed by atoms with Crippen LogP contribution in [0.1, 0.15) is 13.8 Å². The van der Waals surface area contributed by atoms with Crippen LogP contribution < -0.4 is 10.6 Å². The van der Waals surface area contributed by atoms with Crippen LogP contribution >= 0.6 is 0 Å². The molecule has 0 bridgehead atoms. The van der Waals surface area contributed by atoms with E-state index in [2.05, 4.69) is 10.6 Å². The van der Waals surface area contributed by atoms with Crippen molar-refractivity contribution in [1.82, 2.24) is 10.6 Å². The molecule has 0 rings (SSSR count). The lowest BCUT2D eigenvalue weighted by molar-refractivity contribution is 0.0907. The fourth-order valence-electron chi connectivity index (χ4n) is 1.02. The van der Waals surface area contributed by atoms with E-state index in [0.717, 1.165) is 13.1 Å². The number of hydrogen-bond acceptors (Lipinski definition) is 4. The number of rotatable bonds is 7. The maximum atomic E-state index is 9.49. The first-order chi connectivity index (χ1) is 5.76. The number of hydrogen-bond donors (Lipinski definition) is 4. The highest BCUT2D eigenvalue weighted by Crippen LogP contribution is 1.90. The van der Waals surface area contributed by atoms with Gasteiger partial charge in [0.1, 0.15) is 0 Å². The van der Waals surface area contributed by atoms with Crippen LogP contribution in [-0.2, 0) is 0 Å². The summed E-state index contributed by atoms with van der Waals surface area (Å²) < 4.78 is 0. The Balaban J connectivity index is 3.60. The third-order valence-corrected chi connectivity index (χ3v) is 1.73. The van der Waals surface area contributed by atoms with E-state index in [9.17, 15) is 5.11 Å². The number of nitrogens with one attached hydrogen (secondary N) is 2. The molecule has 4 heteroatoms. The van der Waals surface area contributed by atoms with Gasteiger partial charge in [0.25, 0.3) is 0 Å². The highest BCUT2D eigenvalue weighted by molar-refractivity contribution is 4.75. The molecule has 2 atom stereocenters. The van der Waals surface area contributed by atoms with Crippen LogP contribution in [0.5, 0.6) is 0 Å². The van der Waals surface area contributed by atoms with Gasteiger partial charge in [-0.2, -0.15) is 0 Å². The minimum atomic E-state index is -0.519. The summed E-state index contributed by atoms with van der Waals surface area (Å²) >= 11 is 0. The molecule has 4 nitrogen and oxygen atoms in total. The summed E-state index contributed by atoms with van der Waals surface area (Å²) in [6.07, 6.45) is -0.519. The molecule has 0 heterocycles. The monoisotopic (exact) mass is 176 g/mol. The van der Waals surface area contributed by atoms with Crippen LogP contribution in [0.4, 0.5) is 0 Å². The molecule has 0 aromatic heterocycles. The molecule has 74 valence electrons. The Morgan fingerprint density at radius 2 is 1.92 bits per heavy atom. The average molecular weight is 176 g/mol. The molecule has 0 radical (unpaired) electrons. The van der Waals surface area contributed by atoms with E-state index in [0.29, 0.717) is 6.54 Å². The summed E-state index contributed by atoms with van der Waals surface area (Å²) in [6.45, 7) is 6.02. The minimum Gasteiger partial charge on any atom is -0.395 e. The van der Waals surface area contributed by atoms with E-state index < -0.39 is 6.10 Å². The van der Waals surface area contributed by atoms with Gasteiger partial charge in [-0.1, -0.05) is 13.8 Å². The van der Waals surface area contributed by atoms with Crippen molar-refractivity contribution in [3.8, 4) is 0 Å². The zero-order chi connectivity index (χ0) is 9.40. The van der Waals surface area contributed by atoms with Gasteiger partial charge in [-0.05, 0) is 13.1 Å². The molecule has 0 saturated heterocycles. The SMILES string of the molecule is CCNCC(O)C(CO)NCC. The molecule has 0 aromatic carbocycles. The second-order valence-corrected chi connectivity index (χ2v) is 2.72. The lowest BCUT2D eigenvalue weighted by Crippen LogP contribution is -2.47. The molecule has 0 amide bonds. The normalized spacial score (nSPS) is 16.0.